The van der Waals surface area contributed by atoms with Crippen LogP contribution < -0.4 is 5.73 Å². The predicted molar refractivity (Wildman–Crippen MR) is 62.3 cm³/mol. The minimum absolute atomic E-state index is 0.109. The molecule has 0 spiro atoms. The highest BCUT2D eigenvalue weighted by atomic mass is 16.5. The maximum Gasteiger partial charge on any atom is 0.243 e. The van der Waals surface area contributed by atoms with Gasteiger partial charge in [0, 0.05) is 19.1 Å². The van der Waals surface area contributed by atoms with Crippen molar-refractivity contribution in [3.05, 3.63) is 11.7 Å². The van der Waals surface area contributed by atoms with E-state index >= 15 is 0 Å². The first kappa shape index (κ1) is 12.5. The van der Waals surface area contributed by atoms with Gasteiger partial charge in [-0.2, -0.15) is 4.98 Å². The lowest BCUT2D eigenvalue weighted by Crippen LogP contribution is -2.42. The van der Waals surface area contributed by atoms with E-state index in [9.17, 15) is 0 Å². The van der Waals surface area contributed by atoms with Gasteiger partial charge in [-0.25, -0.2) is 0 Å². The van der Waals surface area contributed by atoms with E-state index in [2.05, 4.69) is 28.9 Å². The van der Waals surface area contributed by atoms with Crippen LogP contribution in [0.4, 0.5) is 0 Å². The zero-order valence-electron chi connectivity index (χ0n) is 10.6. The van der Waals surface area contributed by atoms with Gasteiger partial charge in [-0.15, -0.1) is 0 Å². The molecule has 1 saturated heterocycles. The van der Waals surface area contributed by atoms with Gasteiger partial charge in [0.15, 0.2) is 0 Å². The number of hydrogen-bond acceptors (Lipinski definition) is 6. The standard InChI is InChI=1S/C11H20N4O2/c1-7(2)15-4-5-16-9(6-15)10-13-11(8(3)12)17-14-10/h7-9H,4-6,12H2,1-3H3/t8-,9?/m0/s1. The van der Waals surface area contributed by atoms with Crippen molar-refractivity contribution in [1.82, 2.24) is 15.0 Å². The first-order valence-corrected chi connectivity index (χ1v) is 6.02. The number of nitrogens with two attached hydrogens (primary N) is 1. The van der Waals surface area contributed by atoms with E-state index < -0.39 is 0 Å². The monoisotopic (exact) mass is 240 g/mol. The number of rotatable bonds is 3. The van der Waals surface area contributed by atoms with Crippen molar-refractivity contribution in [3.63, 3.8) is 0 Å². The molecule has 1 aromatic heterocycles. The van der Waals surface area contributed by atoms with Gasteiger partial charge in [0.05, 0.1) is 12.6 Å². The van der Waals surface area contributed by atoms with Crippen molar-refractivity contribution in [1.29, 1.82) is 0 Å². The van der Waals surface area contributed by atoms with E-state index in [0.717, 1.165) is 13.1 Å². The second-order valence-electron chi connectivity index (χ2n) is 4.73. The molecule has 17 heavy (non-hydrogen) atoms. The molecule has 96 valence electrons. The van der Waals surface area contributed by atoms with Crippen molar-refractivity contribution in [2.75, 3.05) is 19.7 Å². The van der Waals surface area contributed by atoms with E-state index in [1.807, 2.05) is 6.92 Å². The predicted octanol–water partition coefficient (Wildman–Crippen LogP) is 0.871. The van der Waals surface area contributed by atoms with Gasteiger partial charge >= 0.3 is 0 Å². The Hall–Kier alpha value is -0.980. The number of hydrogen-bond donors (Lipinski definition) is 1. The molecule has 1 aromatic rings. The summed E-state index contributed by atoms with van der Waals surface area (Å²) in [6.45, 7) is 8.62. The summed E-state index contributed by atoms with van der Waals surface area (Å²) in [7, 11) is 0. The summed E-state index contributed by atoms with van der Waals surface area (Å²) in [5, 5.41) is 3.94. The van der Waals surface area contributed by atoms with Gasteiger partial charge in [0.1, 0.15) is 6.10 Å². The summed E-state index contributed by atoms with van der Waals surface area (Å²) in [6.07, 6.45) is -0.109. The molecule has 0 aromatic carbocycles. The lowest BCUT2D eigenvalue weighted by atomic mass is 10.2. The summed E-state index contributed by atoms with van der Waals surface area (Å²) >= 11 is 0. The SMILES string of the molecule is CC(C)N1CCOC(c2noc([C@H](C)N)n2)C1. The average molecular weight is 240 g/mol. The summed E-state index contributed by atoms with van der Waals surface area (Å²) in [4.78, 5) is 6.62. The zero-order chi connectivity index (χ0) is 12.4. The molecule has 6 heteroatoms. The molecular weight excluding hydrogens is 220 g/mol. The second kappa shape index (κ2) is 5.12. The molecule has 1 aliphatic rings. The Morgan fingerprint density at radius 1 is 1.41 bits per heavy atom. The Labute approximate surface area is 101 Å². The highest BCUT2D eigenvalue weighted by molar-refractivity contribution is 4.96. The lowest BCUT2D eigenvalue weighted by Gasteiger charge is -2.34. The third-order valence-corrected chi connectivity index (χ3v) is 2.96. The average Bonchev–Trinajstić information content (AvgIpc) is 2.78. The normalized spacial score (nSPS) is 24.2. The molecule has 2 rings (SSSR count). The molecule has 2 heterocycles. The first-order chi connectivity index (χ1) is 8.08. The van der Waals surface area contributed by atoms with Gasteiger partial charge in [-0.05, 0) is 20.8 Å². The fourth-order valence-corrected chi connectivity index (χ4v) is 1.86. The Bertz CT molecular complexity index is 364. The summed E-state index contributed by atoms with van der Waals surface area (Å²) < 4.78 is 10.8. The molecule has 0 radical (unpaired) electrons. The van der Waals surface area contributed by atoms with Crippen LogP contribution >= 0.6 is 0 Å². The van der Waals surface area contributed by atoms with Crippen molar-refractivity contribution in [2.45, 2.75) is 39.0 Å². The van der Waals surface area contributed by atoms with Crippen molar-refractivity contribution >= 4 is 0 Å². The van der Waals surface area contributed by atoms with Gasteiger partial charge in [-0.1, -0.05) is 5.16 Å². The van der Waals surface area contributed by atoms with E-state index in [-0.39, 0.29) is 12.1 Å². The maximum atomic E-state index is 5.68. The highest BCUT2D eigenvalue weighted by Gasteiger charge is 2.27. The minimum Gasteiger partial charge on any atom is -0.367 e. The van der Waals surface area contributed by atoms with Gasteiger partial charge in [0.25, 0.3) is 0 Å². The van der Waals surface area contributed by atoms with Crippen LogP contribution in [-0.4, -0.2) is 40.8 Å². The van der Waals surface area contributed by atoms with Crippen LogP contribution in [-0.2, 0) is 4.74 Å². The molecule has 6 nitrogen and oxygen atoms in total. The molecule has 0 amide bonds. The molecule has 1 fully saturated rings. The van der Waals surface area contributed by atoms with Crippen molar-refractivity contribution in [3.8, 4) is 0 Å². The molecule has 0 bridgehead atoms. The molecule has 0 aliphatic carbocycles. The molecular formula is C11H20N4O2. The number of nitrogens with zero attached hydrogens (tertiary/aromatic N) is 3. The first-order valence-electron chi connectivity index (χ1n) is 6.02. The second-order valence-corrected chi connectivity index (χ2v) is 4.73. The van der Waals surface area contributed by atoms with Crippen LogP contribution in [0.15, 0.2) is 4.52 Å². The van der Waals surface area contributed by atoms with E-state index in [1.165, 1.54) is 0 Å². The Balaban J connectivity index is 2.05. The quantitative estimate of drug-likeness (QED) is 0.844. The van der Waals surface area contributed by atoms with E-state index in [4.69, 9.17) is 15.0 Å². The third kappa shape index (κ3) is 2.83. The van der Waals surface area contributed by atoms with Gasteiger partial charge < -0.3 is 15.0 Å². The molecule has 1 aliphatic heterocycles. The highest BCUT2D eigenvalue weighted by Crippen LogP contribution is 2.21. The van der Waals surface area contributed by atoms with Crippen LogP contribution in [0.2, 0.25) is 0 Å². The van der Waals surface area contributed by atoms with Crippen LogP contribution in [0, 0.1) is 0 Å². The Morgan fingerprint density at radius 3 is 2.76 bits per heavy atom. The van der Waals surface area contributed by atoms with Crippen LogP contribution in [0.1, 0.15) is 44.6 Å². The molecule has 1 unspecified atom stereocenters. The van der Waals surface area contributed by atoms with Crippen LogP contribution in [0.25, 0.3) is 0 Å². The molecule has 2 atom stereocenters. The fraction of sp³-hybridized carbons (Fsp3) is 0.818. The largest absolute Gasteiger partial charge is 0.367 e. The van der Waals surface area contributed by atoms with Crippen molar-refractivity contribution < 1.29 is 9.26 Å². The number of aromatic nitrogens is 2. The Morgan fingerprint density at radius 2 is 2.18 bits per heavy atom. The fourth-order valence-electron chi connectivity index (χ4n) is 1.86. The number of ether oxygens (including phenoxy) is 1. The summed E-state index contributed by atoms with van der Waals surface area (Å²) in [6, 6.07) is 0.266. The van der Waals surface area contributed by atoms with Gasteiger partial charge in [0.2, 0.25) is 11.7 Å². The smallest absolute Gasteiger partial charge is 0.243 e. The third-order valence-electron chi connectivity index (χ3n) is 2.96. The van der Waals surface area contributed by atoms with E-state index in [0.29, 0.717) is 24.4 Å². The van der Waals surface area contributed by atoms with Crippen LogP contribution in [0.5, 0.6) is 0 Å². The van der Waals surface area contributed by atoms with Gasteiger partial charge in [-0.3, -0.25) is 4.90 Å². The van der Waals surface area contributed by atoms with Crippen LogP contribution in [0.3, 0.4) is 0 Å². The number of morpholine rings is 1. The summed E-state index contributed by atoms with van der Waals surface area (Å²) in [5.41, 5.74) is 5.68. The molecule has 2 N–H and O–H groups in total. The lowest BCUT2D eigenvalue weighted by molar-refractivity contribution is -0.0450. The zero-order valence-corrected chi connectivity index (χ0v) is 10.6. The molecule has 0 saturated carbocycles. The Kier molecular flexibility index (Phi) is 3.76. The maximum absolute atomic E-state index is 5.68. The van der Waals surface area contributed by atoms with Crippen molar-refractivity contribution in [2.24, 2.45) is 5.73 Å². The summed E-state index contributed by atoms with van der Waals surface area (Å²) in [5.74, 6) is 1.06. The minimum atomic E-state index is -0.235. The topological polar surface area (TPSA) is 77.4 Å². The van der Waals surface area contributed by atoms with E-state index in [1.54, 1.807) is 0 Å².